The van der Waals surface area contributed by atoms with Crippen LogP contribution in [0.2, 0.25) is 0 Å². The van der Waals surface area contributed by atoms with E-state index in [0.717, 1.165) is 12.8 Å². The van der Waals surface area contributed by atoms with Gasteiger partial charge in [0.25, 0.3) is 0 Å². The summed E-state index contributed by atoms with van der Waals surface area (Å²) in [5.41, 5.74) is 0.522. The number of nitrogens with zero attached hydrogens (tertiary/aromatic N) is 2. The number of hydrogen-bond donors (Lipinski definition) is 3. The van der Waals surface area contributed by atoms with E-state index < -0.39 is 5.97 Å². The highest BCUT2D eigenvalue weighted by molar-refractivity contribution is 5.88. The molecule has 0 unspecified atom stereocenters. The summed E-state index contributed by atoms with van der Waals surface area (Å²) in [5, 5.41) is 20.8. The fraction of sp³-hybridized carbons (Fsp3) is 0.583. The lowest BCUT2D eigenvalue weighted by Crippen LogP contribution is -2.22. The normalized spacial score (nSPS) is 22.4. The van der Waals surface area contributed by atoms with Gasteiger partial charge in [-0.3, -0.25) is 0 Å². The van der Waals surface area contributed by atoms with Gasteiger partial charge in [0.2, 0.25) is 5.95 Å². The summed E-state index contributed by atoms with van der Waals surface area (Å²) < 4.78 is 5.56. The summed E-state index contributed by atoms with van der Waals surface area (Å²) in [6.07, 6.45) is 2.97. The first-order valence-electron chi connectivity index (χ1n) is 6.17. The number of anilines is 1. The molecule has 1 saturated heterocycles. The Morgan fingerprint density at radius 2 is 2.26 bits per heavy atom. The number of ether oxygens (including phenoxy) is 1. The second-order valence-corrected chi connectivity index (χ2v) is 4.52. The van der Waals surface area contributed by atoms with Crippen LogP contribution in [0.5, 0.6) is 0 Å². The zero-order valence-electron chi connectivity index (χ0n) is 10.7. The minimum atomic E-state index is -1.03. The molecule has 1 aliphatic heterocycles. The van der Waals surface area contributed by atoms with E-state index in [1.807, 2.05) is 0 Å². The third-order valence-corrected chi connectivity index (χ3v) is 3.10. The third-order valence-electron chi connectivity index (χ3n) is 3.10. The van der Waals surface area contributed by atoms with Gasteiger partial charge in [-0.05, 0) is 19.8 Å². The first kappa shape index (κ1) is 13.7. The highest BCUT2D eigenvalue weighted by atomic mass is 16.5. The number of aromatic nitrogens is 2. The van der Waals surface area contributed by atoms with Crippen molar-refractivity contribution < 1.29 is 19.7 Å². The Morgan fingerprint density at radius 3 is 2.84 bits per heavy atom. The Kier molecular flexibility index (Phi) is 4.28. The van der Waals surface area contributed by atoms with Crippen LogP contribution in [-0.4, -0.2) is 51.5 Å². The van der Waals surface area contributed by atoms with Crippen molar-refractivity contribution in [3.8, 4) is 0 Å². The lowest BCUT2D eigenvalue weighted by molar-refractivity contribution is 0.0174. The van der Waals surface area contributed by atoms with Gasteiger partial charge in [-0.15, -0.1) is 0 Å². The molecular formula is C12H17N3O4. The number of hydrogen-bond acceptors (Lipinski definition) is 6. The molecule has 104 valence electrons. The van der Waals surface area contributed by atoms with Crippen molar-refractivity contribution in [2.45, 2.75) is 32.0 Å². The van der Waals surface area contributed by atoms with E-state index in [4.69, 9.17) is 14.9 Å². The van der Waals surface area contributed by atoms with Gasteiger partial charge in [-0.2, -0.15) is 0 Å². The Bertz CT molecular complexity index is 466. The summed E-state index contributed by atoms with van der Waals surface area (Å²) in [6.45, 7) is 2.21. The maximum Gasteiger partial charge on any atom is 0.339 e. The predicted octanol–water partition coefficient (Wildman–Crippen LogP) is 0.435. The number of aromatic carboxylic acids is 1. The van der Waals surface area contributed by atoms with Crippen LogP contribution in [0, 0.1) is 6.92 Å². The average Bonchev–Trinajstić information content (AvgIpc) is 2.84. The number of carboxylic acids is 1. The van der Waals surface area contributed by atoms with Gasteiger partial charge in [0, 0.05) is 12.7 Å². The van der Waals surface area contributed by atoms with E-state index in [-0.39, 0.29) is 24.4 Å². The van der Waals surface area contributed by atoms with Crippen molar-refractivity contribution in [2.75, 3.05) is 18.5 Å². The van der Waals surface area contributed by atoms with Crippen molar-refractivity contribution in [1.29, 1.82) is 0 Å². The van der Waals surface area contributed by atoms with Gasteiger partial charge < -0.3 is 20.3 Å². The molecule has 19 heavy (non-hydrogen) atoms. The highest BCUT2D eigenvalue weighted by Crippen LogP contribution is 2.19. The quantitative estimate of drug-likeness (QED) is 0.710. The van der Waals surface area contributed by atoms with Gasteiger partial charge in [-0.1, -0.05) is 0 Å². The van der Waals surface area contributed by atoms with E-state index in [9.17, 15) is 4.79 Å². The zero-order valence-corrected chi connectivity index (χ0v) is 10.7. The van der Waals surface area contributed by atoms with Gasteiger partial charge in [0.05, 0.1) is 30.1 Å². The molecule has 2 atom stereocenters. The Morgan fingerprint density at radius 1 is 1.53 bits per heavy atom. The Hall–Kier alpha value is -1.73. The second kappa shape index (κ2) is 5.94. The van der Waals surface area contributed by atoms with Crippen LogP contribution in [0.15, 0.2) is 6.20 Å². The van der Waals surface area contributed by atoms with E-state index in [1.54, 1.807) is 6.92 Å². The number of aliphatic hydroxyl groups is 1. The number of rotatable bonds is 5. The van der Waals surface area contributed by atoms with Crippen molar-refractivity contribution in [1.82, 2.24) is 9.97 Å². The summed E-state index contributed by atoms with van der Waals surface area (Å²) >= 11 is 0. The number of carbonyl (C=O) groups is 1. The summed E-state index contributed by atoms with van der Waals surface area (Å²) in [6, 6.07) is 0. The van der Waals surface area contributed by atoms with E-state index in [2.05, 4.69) is 15.3 Å². The molecule has 0 aromatic carbocycles. The van der Waals surface area contributed by atoms with Crippen LogP contribution < -0.4 is 5.32 Å². The molecule has 1 aromatic heterocycles. The molecule has 0 saturated carbocycles. The van der Waals surface area contributed by atoms with Crippen molar-refractivity contribution >= 4 is 11.9 Å². The van der Waals surface area contributed by atoms with Crippen molar-refractivity contribution in [3.63, 3.8) is 0 Å². The van der Waals surface area contributed by atoms with Crippen LogP contribution in [-0.2, 0) is 4.74 Å². The minimum absolute atomic E-state index is 0.0280. The molecule has 7 nitrogen and oxygen atoms in total. The van der Waals surface area contributed by atoms with Crippen LogP contribution in [0.4, 0.5) is 5.95 Å². The molecule has 0 aliphatic carbocycles. The molecule has 0 spiro atoms. The first-order chi connectivity index (χ1) is 9.10. The number of aryl methyl sites for hydroxylation is 1. The molecule has 7 heteroatoms. The smallest absolute Gasteiger partial charge is 0.339 e. The van der Waals surface area contributed by atoms with Crippen LogP contribution in [0.1, 0.15) is 28.9 Å². The topological polar surface area (TPSA) is 105 Å². The molecule has 1 aliphatic rings. The van der Waals surface area contributed by atoms with Crippen molar-refractivity contribution in [2.24, 2.45) is 0 Å². The zero-order chi connectivity index (χ0) is 13.8. The summed E-state index contributed by atoms with van der Waals surface area (Å²) in [5.74, 6) is -0.646. The number of carboxylic acid groups (broad SMARTS) is 1. The van der Waals surface area contributed by atoms with E-state index in [0.29, 0.717) is 18.2 Å². The molecule has 1 aromatic rings. The van der Waals surface area contributed by atoms with Gasteiger partial charge >= 0.3 is 5.97 Å². The molecule has 0 bridgehead atoms. The molecule has 3 N–H and O–H groups in total. The fourth-order valence-corrected chi connectivity index (χ4v) is 2.03. The highest BCUT2D eigenvalue weighted by Gasteiger charge is 2.24. The molecule has 1 fully saturated rings. The Labute approximate surface area is 110 Å². The minimum Gasteiger partial charge on any atom is -0.478 e. The van der Waals surface area contributed by atoms with Gasteiger partial charge in [-0.25, -0.2) is 14.8 Å². The number of nitrogens with one attached hydrogen (secondary N) is 1. The van der Waals surface area contributed by atoms with Crippen LogP contribution >= 0.6 is 0 Å². The van der Waals surface area contributed by atoms with E-state index in [1.165, 1.54) is 6.20 Å². The first-order valence-corrected chi connectivity index (χ1v) is 6.17. The third kappa shape index (κ3) is 3.39. The molecular weight excluding hydrogens is 250 g/mol. The van der Waals surface area contributed by atoms with Crippen molar-refractivity contribution in [3.05, 3.63) is 17.5 Å². The standard InChI is InChI=1S/C12H17N3O4/c1-7-10(11(17)18)5-14-12(15-7)13-4-8-2-3-9(6-16)19-8/h5,8-9,16H,2-4,6H2,1H3,(H,17,18)(H,13,14,15)/t8-,9+/m0/s1. The second-order valence-electron chi connectivity index (χ2n) is 4.52. The average molecular weight is 267 g/mol. The monoisotopic (exact) mass is 267 g/mol. The lowest BCUT2D eigenvalue weighted by atomic mass is 10.2. The summed E-state index contributed by atoms with van der Waals surface area (Å²) in [7, 11) is 0. The van der Waals surface area contributed by atoms with Gasteiger partial charge in [0.1, 0.15) is 0 Å². The lowest BCUT2D eigenvalue weighted by Gasteiger charge is -2.13. The largest absolute Gasteiger partial charge is 0.478 e. The summed E-state index contributed by atoms with van der Waals surface area (Å²) in [4.78, 5) is 18.9. The number of aliphatic hydroxyl groups excluding tert-OH is 1. The molecule has 2 heterocycles. The van der Waals surface area contributed by atoms with E-state index >= 15 is 0 Å². The van der Waals surface area contributed by atoms with Gasteiger partial charge in [0.15, 0.2) is 0 Å². The molecule has 0 radical (unpaired) electrons. The molecule has 0 amide bonds. The predicted molar refractivity (Wildman–Crippen MR) is 67.2 cm³/mol. The Balaban J connectivity index is 1.90. The maximum absolute atomic E-state index is 10.8. The van der Waals surface area contributed by atoms with Crippen LogP contribution in [0.3, 0.4) is 0 Å². The maximum atomic E-state index is 10.8. The fourth-order valence-electron chi connectivity index (χ4n) is 2.03. The molecule has 2 rings (SSSR count). The SMILES string of the molecule is Cc1nc(NC[C@@H]2CC[C@H](CO)O2)ncc1C(=O)O. The van der Waals surface area contributed by atoms with Crippen LogP contribution in [0.25, 0.3) is 0 Å².